The summed E-state index contributed by atoms with van der Waals surface area (Å²) in [7, 11) is 0. The van der Waals surface area contributed by atoms with Gasteiger partial charge in [0, 0.05) is 19.3 Å². The number of nitrogens with one attached hydrogen (secondary N) is 1. The van der Waals surface area contributed by atoms with Crippen LogP contribution in [0.2, 0.25) is 0 Å². The zero-order valence-electron chi connectivity index (χ0n) is 11.3. The Hall–Kier alpha value is -1.46. The van der Waals surface area contributed by atoms with E-state index in [2.05, 4.69) is 15.2 Å². The molecule has 5 nitrogen and oxygen atoms in total. The maximum absolute atomic E-state index is 11.8. The number of amides is 1. The predicted octanol–water partition coefficient (Wildman–Crippen LogP) is 0.756. The minimum atomic E-state index is -0.106. The molecule has 2 rings (SSSR count). The van der Waals surface area contributed by atoms with E-state index >= 15 is 0 Å². The van der Waals surface area contributed by atoms with Crippen LogP contribution < -0.4 is 11.1 Å². The molecule has 5 heteroatoms. The van der Waals surface area contributed by atoms with Gasteiger partial charge >= 0.3 is 0 Å². The Morgan fingerprint density at radius 3 is 2.79 bits per heavy atom. The van der Waals surface area contributed by atoms with Gasteiger partial charge < -0.3 is 16.0 Å². The fraction of sp³-hybridized carbons (Fsp3) is 0.571. The van der Waals surface area contributed by atoms with Crippen LogP contribution in [0, 0.1) is 0 Å². The van der Waals surface area contributed by atoms with E-state index in [1.165, 1.54) is 25.9 Å². The molecule has 1 aliphatic heterocycles. The first-order chi connectivity index (χ1) is 9.29. The van der Waals surface area contributed by atoms with Gasteiger partial charge in [-0.1, -0.05) is 6.07 Å². The van der Waals surface area contributed by atoms with Gasteiger partial charge in [-0.3, -0.25) is 9.78 Å². The molecule has 0 unspecified atom stereocenters. The van der Waals surface area contributed by atoms with Crippen LogP contribution in [0.5, 0.6) is 0 Å². The number of rotatable bonds is 6. The van der Waals surface area contributed by atoms with Crippen LogP contribution in [0.3, 0.4) is 0 Å². The molecule has 0 bridgehead atoms. The number of hydrogen-bond acceptors (Lipinski definition) is 4. The van der Waals surface area contributed by atoms with Crippen LogP contribution >= 0.6 is 0 Å². The SMILES string of the molecule is NCc1ccc(C(=O)NCCCN2CCCC2)nc1. The fourth-order valence-corrected chi connectivity index (χ4v) is 2.28. The zero-order chi connectivity index (χ0) is 13.5. The van der Waals surface area contributed by atoms with Crippen molar-refractivity contribution in [2.24, 2.45) is 5.73 Å². The van der Waals surface area contributed by atoms with E-state index in [9.17, 15) is 4.79 Å². The van der Waals surface area contributed by atoms with Gasteiger partial charge in [0.05, 0.1) is 0 Å². The Balaban J connectivity index is 1.68. The summed E-state index contributed by atoms with van der Waals surface area (Å²) in [4.78, 5) is 18.4. The molecule has 1 saturated heterocycles. The Kier molecular flexibility index (Phi) is 5.30. The number of aromatic nitrogens is 1. The minimum absolute atomic E-state index is 0.106. The lowest BCUT2D eigenvalue weighted by atomic mass is 10.2. The fourth-order valence-electron chi connectivity index (χ4n) is 2.28. The number of nitrogens with zero attached hydrogens (tertiary/aromatic N) is 2. The highest BCUT2D eigenvalue weighted by Crippen LogP contribution is 2.07. The summed E-state index contributed by atoms with van der Waals surface area (Å²) in [6, 6.07) is 3.56. The first kappa shape index (κ1) is 14.0. The molecule has 1 aliphatic rings. The van der Waals surface area contributed by atoms with Gasteiger partial charge in [-0.05, 0) is 50.5 Å². The van der Waals surface area contributed by atoms with Crippen molar-refractivity contribution in [3.8, 4) is 0 Å². The molecular formula is C14H22N4O. The van der Waals surface area contributed by atoms with E-state index < -0.39 is 0 Å². The molecule has 0 radical (unpaired) electrons. The van der Waals surface area contributed by atoms with Crippen molar-refractivity contribution >= 4 is 5.91 Å². The molecule has 19 heavy (non-hydrogen) atoms. The molecule has 1 amide bonds. The Morgan fingerprint density at radius 1 is 1.37 bits per heavy atom. The standard InChI is InChI=1S/C14H22N4O/c15-10-12-4-5-13(17-11-12)14(19)16-6-3-9-18-7-1-2-8-18/h4-5,11H,1-3,6-10,15H2,(H,16,19). The van der Waals surface area contributed by atoms with Crippen LogP contribution in [-0.4, -0.2) is 42.0 Å². The molecule has 0 atom stereocenters. The summed E-state index contributed by atoms with van der Waals surface area (Å²) in [6.07, 6.45) is 5.26. The van der Waals surface area contributed by atoms with Crippen LogP contribution in [-0.2, 0) is 6.54 Å². The first-order valence-electron chi connectivity index (χ1n) is 6.95. The van der Waals surface area contributed by atoms with Gasteiger partial charge in [-0.2, -0.15) is 0 Å². The largest absolute Gasteiger partial charge is 0.351 e. The maximum Gasteiger partial charge on any atom is 0.269 e. The first-order valence-corrected chi connectivity index (χ1v) is 6.95. The normalized spacial score (nSPS) is 15.6. The molecule has 1 aromatic rings. The average molecular weight is 262 g/mol. The van der Waals surface area contributed by atoms with Crippen molar-refractivity contribution in [1.29, 1.82) is 0 Å². The second-order valence-electron chi connectivity index (χ2n) is 4.91. The van der Waals surface area contributed by atoms with E-state index in [4.69, 9.17) is 5.73 Å². The molecule has 0 saturated carbocycles. The lowest BCUT2D eigenvalue weighted by Crippen LogP contribution is -2.29. The number of carbonyl (C=O) groups is 1. The summed E-state index contributed by atoms with van der Waals surface area (Å²) in [5.74, 6) is -0.106. The second kappa shape index (κ2) is 7.21. The van der Waals surface area contributed by atoms with E-state index in [-0.39, 0.29) is 5.91 Å². The average Bonchev–Trinajstić information content (AvgIpc) is 2.96. The number of carbonyl (C=O) groups excluding carboxylic acids is 1. The van der Waals surface area contributed by atoms with Gasteiger partial charge in [-0.25, -0.2) is 0 Å². The third-order valence-corrected chi connectivity index (χ3v) is 3.43. The van der Waals surface area contributed by atoms with Gasteiger partial charge in [0.1, 0.15) is 5.69 Å². The van der Waals surface area contributed by atoms with Crippen LogP contribution in [0.4, 0.5) is 0 Å². The third kappa shape index (κ3) is 4.29. The summed E-state index contributed by atoms with van der Waals surface area (Å²) in [5.41, 5.74) is 6.88. The lowest BCUT2D eigenvalue weighted by molar-refractivity contribution is 0.0947. The number of pyridine rings is 1. The molecule has 0 spiro atoms. The van der Waals surface area contributed by atoms with Gasteiger partial charge in [0.2, 0.25) is 0 Å². The number of likely N-dealkylation sites (tertiary alicyclic amines) is 1. The van der Waals surface area contributed by atoms with E-state index in [1.54, 1.807) is 12.3 Å². The molecule has 1 fully saturated rings. The Bertz CT molecular complexity index is 398. The van der Waals surface area contributed by atoms with Crippen LogP contribution in [0.25, 0.3) is 0 Å². The maximum atomic E-state index is 11.8. The summed E-state index contributed by atoms with van der Waals surface area (Å²) in [6.45, 7) is 4.63. The smallest absolute Gasteiger partial charge is 0.269 e. The Morgan fingerprint density at radius 2 is 2.16 bits per heavy atom. The second-order valence-corrected chi connectivity index (χ2v) is 4.91. The van der Waals surface area contributed by atoms with Crippen molar-refractivity contribution < 1.29 is 4.79 Å². The van der Waals surface area contributed by atoms with Crippen LogP contribution in [0.15, 0.2) is 18.3 Å². The number of nitrogens with two attached hydrogens (primary N) is 1. The molecule has 3 N–H and O–H groups in total. The molecule has 0 aliphatic carbocycles. The monoisotopic (exact) mass is 262 g/mol. The van der Waals surface area contributed by atoms with Gasteiger partial charge in [-0.15, -0.1) is 0 Å². The zero-order valence-corrected chi connectivity index (χ0v) is 11.3. The summed E-state index contributed by atoms with van der Waals surface area (Å²) < 4.78 is 0. The van der Waals surface area contributed by atoms with Crippen LogP contribution in [0.1, 0.15) is 35.3 Å². The summed E-state index contributed by atoms with van der Waals surface area (Å²) in [5, 5.41) is 2.90. The van der Waals surface area contributed by atoms with E-state index in [1.807, 2.05) is 6.07 Å². The molecule has 1 aromatic heterocycles. The van der Waals surface area contributed by atoms with E-state index in [0.717, 1.165) is 18.5 Å². The van der Waals surface area contributed by atoms with Gasteiger partial charge in [0.25, 0.3) is 5.91 Å². The predicted molar refractivity (Wildman–Crippen MR) is 74.8 cm³/mol. The topological polar surface area (TPSA) is 71.2 Å². The third-order valence-electron chi connectivity index (χ3n) is 3.43. The van der Waals surface area contributed by atoms with Crippen molar-refractivity contribution in [3.05, 3.63) is 29.6 Å². The van der Waals surface area contributed by atoms with Crippen molar-refractivity contribution in [1.82, 2.24) is 15.2 Å². The van der Waals surface area contributed by atoms with Crippen molar-refractivity contribution in [2.45, 2.75) is 25.8 Å². The summed E-state index contributed by atoms with van der Waals surface area (Å²) >= 11 is 0. The molecule has 0 aromatic carbocycles. The highest BCUT2D eigenvalue weighted by atomic mass is 16.1. The molecule has 2 heterocycles. The highest BCUT2D eigenvalue weighted by Gasteiger charge is 2.11. The molecular weight excluding hydrogens is 240 g/mol. The highest BCUT2D eigenvalue weighted by molar-refractivity contribution is 5.92. The van der Waals surface area contributed by atoms with E-state index in [0.29, 0.717) is 18.8 Å². The van der Waals surface area contributed by atoms with Gasteiger partial charge in [0.15, 0.2) is 0 Å². The Labute approximate surface area is 114 Å². The lowest BCUT2D eigenvalue weighted by Gasteiger charge is -2.14. The quantitative estimate of drug-likeness (QED) is 0.742. The van der Waals surface area contributed by atoms with Crippen molar-refractivity contribution in [3.63, 3.8) is 0 Å². The molecule has 104 valence electrons. The van der Waals surface area contributed by atoms with Crippen molar-refractivity contribution in [2.75, 3.05) is 26.2 Å². The minimum Gasteiger partial charge on any atom is -0.351 e. The number of hydrogen-bond donors (Lipinski definition) is 2.